The third kappa shape index (κ3) is 3.07. The minimum Gasteiger partial charge on any atom is -0.354 e. The first kappa shape index (κ1) is 13.7. The molecule has 0 heterocycles. The third-order valence-corrected chi connectivity index (χ3v) is 3.06. The smallest absolute Gasteiger partial charge is 0.230 e. The van der Waals surface area contributed by atoms with Crippen molar-refractivity contribution in [2.45, 2.75) is 33.1 Å². The van der Waals surface area contributed by atoms with Crippen LogP contribution in [0.4, 0.5) is 0 Å². The standard InChI is InChI=1S/C14H22N2O/c1-10-5-6-11(2)12(9-10)14(3,4)13(17)16-8-7-15/h5-6,9H,7-8,15H2,1-4H3,(H,16,17). The summed E-state index contributed by atoms with van der Waals surface area (Å²) < 4.78 is 0. The summed E-state index contributed by atoms with van der Waals surface area (Å²) in [6.07, 6.45) is 0. The Labute approximate surface area is 103 Å². The first-order chi connectivity index (χ1) is 7.89. The van der Waals surface area contributed by atoms with E-state index in [4.69, 9.17) is 5.73 Å². The molecule has 0 aromatic heterocycles. The number of hydrogen-bond acceptors (Lipinski definition) is 2. The number of amides is 1. The zero-order chi connectivity index (χ0) is 13.1. The molecule has 3 N–H and O–H groups in total. The Bertz CT molecular complexity index is 411. The van der Waals surface area contributed by atoms with Gasteiger partial charge in [0.2, 0.25) is 5.91 Å². The van der Waals surface area contributed by atoms with Crippen LogP contribution in [0.1, 0.15) is 30.5 Å². The maximum atomic E-state index is 12.1. The molecule has 1 aromatic rings. The SMILES string of the molecule is Cc1ccc(C)c(C(C)(C)C(=O)NCCN)c1. The molecule has 0 atom stereocenters. The number of nitrogens with two attached hydrogens (primary N) is 1. The van der Waals surface area contributed by atoms with E-state index >= 15 is 0 Å². The van der Waals surface area contributed by atoms with Crippen LogP contribution in [0.15, 0.2) is 18.2 Å². The van der Waals surface area contributed by atoms with Gasteiger partial charge in [-0.1, -0.05) is 23.8 Å². The maximum absolute atomic E-state index is 12.1. The summed E-state index contributed by atoms with van der Waals surface area (Å²) in [4.78, 5) is 12.1. The van der Waals surface area contributed by atoms with Crippen LogP contribution in [0.5, 0.6) is 0 Å². The average molecular weight is 234 g/mol. The lowest BCUT2D eigenvalue weighted by Crippen LogP contribution is -2.42. The van der Waals surface area contributed by atoms with Gasteiger partial charge in [-0.3, -0.25) is 4.79 Å². The van der Waals surface area contributed by atoms with E-state index in [0.717, 1.165) is 11.1 Å². The minimum atomic E-state index is -0.523. The van der Waals surface area contributed by atoms with Gasteiger partial charge in [0.25, 0.3) is 0 Å². The zero-order valence-electron chi connectivity index (χ0n) is 11.1. The molecule has 1 aromatic carbocycles. The fraction of sp³-hybridized carbons (Fsp3) is 0.500. The first-order valence-electron chi connectivity index (χ1n) is 5.95. The quantitative estimate of drug-likeness (QED) is 0.832. The van der Waals surface area contributed by atoms with Crippen LogP contribution in [0.3, 0.4) is 0 Å². The van der Waals surface area contributed by atoms with E-state index in [1.54, 1.807) is 0 Å². The molecular formula is C14H22N2O. The predicted molar refractivity (Wildman–Crippen MR) is 71.0 cm³/mol. The monoisotopic (exact) mass is 234 g/mol. The van der Waals surface area contributed by atoms with Gasteiger partial charge in [-0.2, -0.15) is 0 Å². The second-order valence-electron chi connectivity index (χ2n) is 4.99. The van der Waals surface area contributed by atoms with Crippen molar-refractivity contribution in [3.05, 3.63) is 34.9 Å². The van der Waals surface area contributed by atoms with Crippen LogP contribution in [0, 0.1) is 13.8 Å². The second-order valence-corrected chi connectivity index (χ2v) is 4.99. The highest BCUT2D eigenvalue weighted by atomic mass is 16.2. The van der Waals surface area contributed by atoms with E-state index in [0.29, 0.717) is 13.1 Å². The van der Waals surface area contributed by atoms with E-state index in [2.05, 4.69) is 23.5 Å². The number of aryl methyl sites for hydroxylation is 2. The summed E-state index contributed by atoms with van der Waals surface area (Å²) in [5.41, 5.74) is 8.27. The highest BCUT2D eigenvalue weighted by molar-refractivity contribution is 5.87. The van der Waals surface area contributed by atoms with Gasteiger partial charge >= 0.3 is 0 Å². The Morgan fingerprint density at radius 1 is 1.35 bits per heavy atom. The van der Waals surface area contributed by atoms with E-state index < -0.39 is 5.41 Å². The van der Waals surface area contributed by atoms with Crippen molar-refractivity contribution >= 4 is 5.91 Å². The van der Waals surface area contributed by atoms with Gasteiger partial charge in [0.1, 0.15) is 0 Å². The van der Waals surface area contributed by atoms with Gasteiger partial charge in [0.05, 0.1) is 5.41 Å². The molecule has 3 heteroatoms. The summed E-state index contributed by atoms with van der Waals surface area (Å²) in [5.74, 6) is 0.0247. The second kappa shape index (κ2) is 5.32. The molecule has 17 heavy (non-hydrogen) atoms. The van der Waals surface area contributed by atoms with Crippen LogP contribution in [0.25, 0.3) is 0 Å². The van der Waals surface area contributed by atoms with Crippen molar-refractivity contribution in [2.75, 3.05) is 13.1 Å². The van der Waals surface area contributed by atoms with Crippen LogP contribution in [-0.2, 0) is 10.2 Å². The highest BCUT2D eigenvalue weighted by Crippen LogP contribution is 2.27. The first-order valence-corrected chi connectivity index (χ1v) is 5.95. The lowest BCUT2D eigenvalue weighted by atomic mass is 9.80. The Morgan fingerprint density at radius 2 is 2.00 bits per heavy atom. The Morgan fingerprint density at radius 3 is 2.59 bits per heavy atom. The van der Waals surface area contributed by atoms with Gasteiger partial charge in [0, 0.05) is 13.1 Å². The van der Waals surface area contributed by atoms with Crippen molar-refractivity contribution in [3.63, 3.8) is 0 Å². The summed E-state index contributed by atoms with van der Waals surface area (Å²) >= 11 is 0. The lowest BCUT2D eigenvalue weighted by Gasteiger charge is -2.26. The molecule has 0 aliphatic rings. The molecule has 0 fully saturated rings. The van der Waals surface area contributed by atoms with Crippen molar-refractivity contribution < 1.29 is 4.79 Å². The molecule has 0 spiro atoms. The molecule has 0 unspecified atom stereocenters. The molecular weight excluding hydrogens is 212 g/mol. The summed E-state index contributed by atoms with van der Waals surface area (Å²) in [5, 5.41) is 2.85. The molecule has 0 aliphatic heterocycles. The fourth-order valence-electron chi connectivity index (χ4n) is 1.94. The summed E-state index contributed by atoms with van der Waals surface area (Å²) in [6.45, 7) is 8.95. The maximum Gasteiger partial charge on any atom is 0.230 e. The average Bonchev–Trinajstić information content (AvgIpc) is 2.28. The number of carbonyl (C=O) groups is 1. The fourth-order valence-corrected chi connectivity index (χ4v) is 1.94. The largest absolute Gasteiger partial charge is 0.354 e. The molecule has 94 valence electrons. The third-order valence-electron chi connectivity index (χ3n) is 3.06. The van der Waals surface area contributed by atoms with Crippen molar-refractivity contribution in [2.24, 2.45) is 5.73 Å². The number of nitrogens with one attached hydrogen (secondary N) is 1. The van der Waals surface area contributed by atoms with E-state index in [9.17, 15) is 4.79 Å². The number of hydrogen-bond donors (Lipinski definition) is 2. The molecule has 0 saturated carbocycles. The van der Waals surface area contributed by atoms with Crippen LogP contribution in [-0.4, -0.2) is 19.0 Å². The Hall–Kier alpha value is -1.35. The van der Waals surface area contributed by atoms with Crippen molar-refractivity contribution in [1.82, 2.24) is 5.32 Å². The van der Waals surface area contributed by atoms with Crippen LogP contribution >= 0.6 is 0 Å². The van der Waals surface area contributed by atoms with Gasteiger partial charge in [-0.05, 0) is 38.8 Å². The van der Waals surface area contributed by atoms with Crippen molar-refractivity contribution in [3.8, 4) is 0 Å². The molecule has 1 amide bonds. The summed E-state index contributed by atoms with van der Waals surface area (Å²) in [6, 6.07) is 6.20. The molecule has 0 bridgehead atoms. The molecule has 3 nitrogen and oxygen atoms in total. The van der Waals surface area contributed by atoms with Crippen LogP contribution in [0.2, 0.25) is 0 Å². The van der Waals surface area contributed by atoms with Gasteiger partial charge in [-0.25, -0.2) is 0 Å². The summed E-state index contributed by atoms with van der Waals surface area (Å²) in [7, 11) is 0. The zero-order valence-corrected chi connectivity index (χ0v) is 11.1. The topological polar surface area (TPSA) is 55.1 Å². The lowest BCUT2D eigenvalue weighted by molar-refractivity contribution is -0.125. The van der Waals surface area contributed by atoms with Gasteiger partial charge in [0.15, 0.2) is 0 Å². The molecule has 0 saturated heterocycles. The number of rotatable bonds is 4. The Kier molecular flexibility index (Phi) is 4.29. The normalized spacial score (nSPS) is 11.4. The molecule has 0 radical (unpaired) electrons. The van der Waals surface area contributed by atoms with Gasteiger partial charge in [-0.15, -0.1) is 0 Å². The number of benzene rings is 1. The van der Waals surface area contributed by atoms with E-state index in [-0.39, 0.29) is 5.91 Å². The molecule has 0 aliphatic carbocycles. The minimum absolute atomic E-state index is 0.0247. The van der Waals surface area contributed by atoms with Gasteiger partial charge < -0.3 is 11.1 Å². The highest BCUT2D eigenvalue weighted by Gasteiger charge is 2.30. The van der Waals surface area contributed by atoms with E-state index in [1.165, 1.54) is 5.56 Å². The number of carbonyl (C=O) groups excluding carboxylic acids is 1. The Balaban J connectivity index is 3.03. The van der Waals surface area contributed by atoms with Crippen LogP contribution < -0.4 is 11.1 Å². The molecule has 1 rings (SSSR count). The van der Waals surface area contributed by atoms with E-state index in [1.807, 2.05) is 27.7 Å². The predicted octanol–water partition coefficient (Wildman–Crippen LogP) is 1.66. The van der Waals surface area contributed by atoms with Crippen molar-refractivity contribution in [1.29, 1.82) is 0 Å².